The molecule has 0 aliphatic carbocycles. The van der Waals surface area contributed by atoms with Crippen LogP contribution in [0.5, 0.6) is 0 Å². The number of nitrogens with zero attached hydrogens (tertiary/aromatic N) is 1. The Balaban J connectivity index is 1.83. The number of para-hydroxylation sites is 1. The molecule has 0 saturated carbocycles. The van der Waals surface area contributed by atoms with Crippen molar-refractivity contribution in [2.45, 2.75) is 0 Å². The third kappa shape index (κ3) is 4.35. The lowest BCUT2D eigenvalue weighted by Gasteiger charge is -2.06. The van der Waals surface area contributed by atoms with Crippen molar-refractivity contribution in [3.63, 3.8) is 0 Å². The van der Waals surface area contributed by atoms with Crippen LogP contribution in [0.15, 0.2) is 53.2 Å². The first-order chi connectivity index (χ1) is 10.7. The Morgan fingerprint density at radius 1 is 1.27 bits per heavy atom. The molecule has 0 bridgehead atoms. The van der Waals surface area contributed by atoms with Crippen LogP contribution in [0.3, 0.4) is 0 Å². The SMILES string of the molecule is N#Cc1ccccc1NC(=O)COC(=O)/C=C/c1ccco1. The molecule has 1 aromatic heterocycles. The Kier molecular flexibility index (Phi) is 5.10. The van der Waals surface area contributed by atoms with E-state index in [0.29, 0.717) is 17.0 Å². The van der Waals surface area contributed by atoms with Gasteiger partial charge < -0.3 is 14.5 Å². The fourth-order valence-electron chi connectivity index (χ4n) is 1.60. The summed E-state index contributed by atoms with van der Waals surface area (Å²) in [4.78, 5) is 23.1. The minimum absolute atomic E-state index is 0.333. The van der Waals surface area contributed by atoms with Gasteiger partial charge in [-0.05, 0) is 30.3 Å². The number of hydrogen-bond donors (Lipinski definition) is 1. The van der Waals surface area contributed by atoms with Gasteiger partial charge in [0, 0.05) is 6.08 Å². The molecule has 110 valence electrons. The van der Waals surface area contributed by atoms with Gasteiger partial charge in [0.2, 0.25) is 0 Å². The Labute approximate surface area is 126 Å². The molecule has 22 heavy (non-hydrogen) atoms. The van der Waals surface area contributed by atoms with Crippen molar-refractivity contribution in [1.82, 2.24) is 0 Å². The normalized spacial score (nSPS) is 10.1. The molecule has 2 aromatic rings. The molecule has 0 aliphatic heterocycles. The van der Waals surface area contributed by atoms with Gasteiger partial charge >= 0.3 is 5.97 Å². The predicted octanol–water partition coefficient (Wildman–Crippen LogP) is 2.35. The second kappa shape index (κ2) is 7.45. The molecule has 0 saturated heterocycles. The average molecular weight is 296 g/mol. The summed E-state index contributed by atoms with van der Waals surface area (Å²) in [6, 6.07) is 11.9. The number of carbonyl (C=O) groups is 2. The van der Waals surface area contributed by atoms with Gasteiger partial charge in [-0.15, -0.1) is 0 Å². The zero-order valence-corrected chi connectivity index (χ0v) is 11.5. The molecular weight excluding hydrogens is 284 g/mol. The summed E-state index contributed by atoms with van der Waals surface area (Å²) in [7, 11) is 0. The third-order valence-corrected chi connectivity index (χ3v) is 2.59. The van der Waals surface area contributed by atoms with Gasteiger partial charge in [0.15, 0.2) is 6.61 Å². The van der Waals surface area contributed by atoms with E-state index >= 15 is 0 Å². The number of ether oxygens (including phenoxy) is 1. The molecule has 0 spiro atoms. The van der Waals surface area contributed by atoms with E-state index in [1.165, 1.54) is 12.3 Å². The van der Waals surface area contributed by atoms with E-state index in [-0.39, 0.29) is 0 Å². The van der Waals surface area contributed by atoms with Gasteiger partial charge in [0.05, 0.1) is 17.5 Å². The second-order valence-electron chi connectivity index (χ2n) is 4.16. The highest BCUT2D eigenvalue weighted by atomic mass is 16.5. The number of anilines is 1. The third-order valence-electron chi connectivity index (χ3n) is 2.59. The van der Waals surface area contributed by atoms with Crippen LogP contribution in [0.2, 0.25) is 0 Å². The quantitative estimate of drug-likeness (QED) is 0.675. The number of rotatable bonds is 5. The first-order valence-electron chi connectivity index (χ1n) is 6.36. The topological polar surface area (TPSA) is 92.3 Å². The number of carbonyl (C=O) groups excluding carboxylic acids is 2. The monoisotopic (exact) mass is 296 g/mol. The zero-order chi connectivity index (χ0) is 15.8. The van der Waals surface area contributed by atoms with Crippen molar-refractivity contribution in [2.24, 2.45) is 0 Å². The van der Waals surface area contributed by atoms with Gasteiger partial charge in [0.25, 0.3) is 5.91 Å². The standard InChI is InChI=1S/C16H12N2O4/c17-10-12-4-1-2-6-14(12)18-15(19)11-22-16(20)8-7-13-5-3-9-21-13/h1-9H,11H2,(H,18,19)/b8-7+. The number of amides is 1. The maximum absolute atomic E-state index is 11.7. The van der Waals surface area contributed by atoms with Gasteiger partial charge in [-0.1, -0.05) is 12.1 Å². The van der Waals surface area contributed by atoms with Gasteiger partial charge in [-0.25, -0.2) is 4.79 Å². The maximum Gasteiger partial charge on any atom is 0.331 e. The molecule has 6 heteroatoms. The first kappa shape index (κ1) is 15.1. The van der Waals surface area contributed by atoms with Gasteiger partial charge in [0.1, 0.15) is 11.8 Å². The molecule has 0 fully saturated rings. The molecule has 1 heterocycles. The molecule has 6 nitrogen and oxygen atoms in total. The minimum atomic E-state index is -0.667. The minimum Gasteiger partial charge on any atom is -0.465 e. The summed E-state index contributed by atoms with van der Waals surface area (Å²) in [5.74, 6) is -0.688. The summed E-state index contributed by atoms with van der Waals surface area (Å²) in [6.45, 7) is -0.443. The molecule has 0 aliphatic rings. The molecule has 1 amide bonds. The van der Waals surface area contributed by atoms with E-state index in [9.17, 15) is 9.59 Å². The predicted molar refractivity (Wildman–Crippen MR) is 78.5 cm³/mol. The number of nitriles is 1. The van der Waals surface area contributed by atoms with Crippen LogP contribution in [0, 0.1) is 11.3 Å². The van der Waals surface area contributed by atoms with E-state index in [1.54, 1.807) is 36.4 Å². The summed E-state index contributed by atoms with van der Waals surface area (Å²) in [5.41, 5.74) is 0.706. The molecule has 0 radical (unpaired) electrons. The summed E-state index contributed by atoms with van der Waals surface area (Å²) < 4.78 is 9.80. The van der Waals surface area contributed by atoms with Gasteiger partial charge in [-0.3, -0.25) is 4.79 Å². The lowest BCUT2D eigenvalue weighted by molar-refractivity contribution is -0.142. The van der Waals surface area contributed by atoms with Crippen LogP contribution in [0.1, 0.15) is 11.3 Å². The number of furan rings is 1. The largest absolute Gasteiger partial charge is 0.465 e. The lowest BCUT2D eigenvalue weighted by Crippen LogP contribution is -2.20. The van der Waals surface area contributed by atoms with E-state index in [0.717, 1.165) is 6.08 Å². The summed E-state index contributed by atoms with van der Waals surface area (Å²) in [5, 5.41) is 11.4. The van der Waals surface area contributed by atoms with Crippen LogP contribution < -0.4 is 5.32 Å². The van der Waals surface area contributed by atoms with E-state index in [1.807, 2.05) is 6.07 Å². The van der Waals surface area contributed by atoms with Crippen LogP contribution in [0.25, 0.3) is 6.08 Å². The van der Waals surface area contributed by atoms with Crippen LogP contribution in [0.4, 0.5) is 5.69 Å². The van der Waals surface area contributed by atoms with Crippen molar-refractivity contribution in [1.29, 1.82) is 5.26 Å². The Hall–Kier alpha value is -3.33. The highest BCUT2D eigenvalue weighted by Gasteiger charge is 2.08. The molecule has 2 rings (SSSR count). The number of benzene rings is 1. The second-order valence-corrected chi connectivity index (χ2v) is 4.16. The molecule has 1 aromatic carbocycles. The Bertz CT molecular complexity index is 727. The molecular formula is C16H12N2O4. The first-order valence-corrected chi connectivity index (χ1v) is 6.36. The summed E-state index contributed by atoms with van der Waals surface area (Å²) >= 11 is 0. The number of nitrogens with one attached hydrogen (secondary N) is 1. The molecule has 1 N–H and O–H groups in total. The van der Waals surface area contributed by atoms with Crippen molar-refractivity contribution >= 4 is 23.6 Å². The van der Waals surface area contributed by atoms with E-state index in [4.69, 9.17) is 14.4 Å². The highest BCUT2D eigenvalue weighted by molar-refractivity contribution is 5.95. The van der Waals surface area contributed by atoms with Crippen molar-refractivity contribution in [2.75, 3.05) is 11.9 Å². The lowest BCUT2D eigenvalue weighted by atomic mass is 10.2. The fraction of sp³-hybridized carbons (Fsp3) is 0.0625. The summed E-state index contributed by atoms with van der Waals surface area (Å²) in [6.07, 6.45) is 4.08. The van der Waals surface area contributed by atoms with Crippen molar-refractivity contribution in [3.05, 3.63) is 60.1 Å². The van der Waals surface area contributed by atoms with Crippen LogP contribution >= 0.6 is 0 Å². The zero-order valence-electron chi connectivity index (χ0n) is 11.5. The van der Waals surface area contributed by atoms with Gasteiger partial charge in [-0.2, -0.15) is 5.26 Å². The Morgan fingerprint density at radius 2 is 2.09 bits per heavy atom. The van der Waals surface area contributed by atoms with Crippen molar-refractivity contribution in [3.8, 4) is 6.07 Å². The van der Waals surface area contributed by atoms with E-state index < -0.39 is 18.5 Å². The molecule has 0 unspecified atom stereocenters. The number of esters is 1. The number of hydrogen-bond acceptors (Lipinski definition) is 5. The average Bonchev–Trinajstić information content (AvgIpc) is 3.05. The molecule has 0 atom stereocenters. The fourth-order valence-corrected chi connectivity index (χ4v) is 1.60. The smallest absolute Gasteiger partial charge is 0.331 e. The Morgan fingerprint density at radius 3 is 2.82 bits per heavy atom. The van der Waals surface area contributed by atoms with Crippen LogP contribution in [-0.2, 0) is 14.3 Å². The van der Waals surface area contributed by atoms with Crippen LogP contribution in [-0.4, -0.2) is 18.5 Å². The van der Waals surface area contributed by atoms with Crippen molar-refractivity contribution < 1.29 is 18.7 Å². The highest BCUT2D eigenvalue weighted by Crippen LogP contribution is 2.13. The maximum atomic E-state index is 11.7. The van der Waals surface area contributed by atoms with E-state index in [2.05, 4.69) is 5.32 Å².